The van der Waals surface area contributed by atoms with Gasteiger partial charge in [0.05, 0.1) is 0 Å². The summed E-state index contributed by atoms with van der Waals surface area (Å²) >= 11 is 0. The molecule has 0 aromatic heterocycles. The normalized spacial score (nSPS) is 11.1. The third-order valence-corrected chi connectivity index (χ3v) is 3.41. The smallest absolute Gasteiger partial charge is 0.253 e. The molecule has 5 nitrogen and oxygen atoms in total. The third kappa shape index (κ3) is 4.56. The molecule has 116 valence electrons. The van der Waals surface area contributed by atoms with Crippen molar-refractivity contribution in [2.24, 2.45) is 5.73 Å². The fourth-order valence-electron chi connectivity index (χ4n) is 1.89. The third-order valence-electron chi connectivity index (χ3n) is 3.41. The van der Waals surface area contributed by atoms with Crippen molar-refractivity contribution in [3.63, 3.8) is 0 Å². The van der Waals surface area contributed by atoms with E-state index in [1.54, 1.807) is 29.2 Å². The van der Waals surface area contributed by atoms with Gasteiger partial charge < -0.3 is 16.0 Å². The molecule has 0 aliphatic rings. The van der Waals surface area contributed by atoms with Gasteiger partial charge in [-0.2, -0.15) is 0 Å². The average molecular weight is 291 g/mol. The Morgan fingerprint density at radius 1 is 1.10 bits per heavy atom. The highest BCUT2D eigenvalue weighted by Gasteiger charge is 2.19. The van der Waals surface area contributed by atoms with Crippen molar-refractivity contribution in [1.29, 1.82) is 0 Å². The molecule has 0 saturated carbocycles. The predicted octanol–water partition coefficient (Wildman–Crippen LogP) is 1.64. The molecule has 0 aliphatic heterocycles. The van der Waals surface area contributed by atoms with Crippen LogP contribution in [0.4, 0.5) is 0 Å². The molecule has 0 unspecified atom stereocenters. The van der Waals surface area contributed by atoms with Crippen LogP contribution in [0.1, 0.15) is 48.4 Å². The molecule has 1 aromatic carbocycles. The van der Waals surface area contributed by atoms with Gasteiger partial charge >= 0.3 is 0 Å². The van der Waals surface area contributed by atoms with Gasteiger partial charge in [-0.15, -0.1) is 0 Å². The number of hydrogen-bond acceptors (Lipinski definition) is 3. The fraction of sp³-hybridized carbons (Fsp3) is 0.500. The highest BCUT2D eigenvalue weighted by Crippen LogP contribution is 2.09. The quantitative estimate of drug-likeness (QED) is 0.836. The molecule has 0 spiro atoms. The van der Waals surface area contributed by atoms with Gasteiger partial charge in [-0.25, -0.2) is 0 Å². The van der Waals surface area contributed by atoms with Crippen LogP contribution in [-0.2, 0) is 0 Å². The maximum atomic E-state index is 12.2. The maximum absolute atomic E-state index is 12.2. The molecular weight excluding hydrogens is 266 g/mol. The standard InChI is InChI=1S/C16H25N3O2/c1-5-19(6-2)15(21)13-9-7-12(8-10-13)14(20)18-16(3,4)11-17/h7-10H,5-6,11,17H2,1-4H3,(H,18,20). The molecule has 0 atom stereocenters. The first-order valence-electron chi connectivity index (χ1n) is 7.26. The van der Waals surface area contributed by atoms with Gasteiger partial charge in [-0.3, -0.25) is 9.59 Å². The van der Waals surface area contributed by atoms with Crippen LogP contribution in [0, 0.1) is 0 Å². The highest BCUT2D eigenvalue weighted by molar-refractivity contribution is 5.98. The Morgan fingerprint density at radius 2 is 1.57 bits per heavy atom. The molecule has 3 N–H and O–H groups in total. The first-order chi connectivity index (χ1) is 9.84. The van der Waals surface area contributed by atoms with E-state index in [-0.39, 0.29) is 11.8 Å². The second-order valence-corrected chi connectivity index (χ2v) is 5.60. The van der Waals surface area contributed by atoms with Crippen LogP contribution >= 0.6 is 0 Å². The zero-order valence-corrected chi connectivity index (χ0v) is 13.3. The van der Waals surface area contributed by atoms with Crippen LogP contribution in [0.5, 0.6) is 0 Å². The Morgan fingerprint density at radius 3 is 2.00 bits per heavy atom. The maximum Gasteiger partial charge on any atom is 0.253 e. The van der Waals surface area contributed by atoms with Crippen LogP contribution in [0.15, 0.2) is 24.3 Å². The van der Waals surface area contributed by atoms with E-state index >= 15 is 0 Å². The lowest BCUT2D eigenvalue weighted by Gasteiger charge is -2.24. The van der Waals surface area contributed by atoms with Crippen molar-refractivity contribution in [2.75, 3.05) is 19.6 Å². The minimum Gasteiger partial charge on any atom is -0.346 e. The van der Waals surface area contributed by atoms with Crippen LogP contribution in [0.3, 0.4) is 0 Å². The summed E-state index contributed by atoms with van der Waals surface area (Å²) in [7, 11) is 0. The van der Waals surface area contributed by atoms with E-state index in [0.29, 0.717) is 30.8 Å². The molecular formula is C16H25N3O2. The number of nitrogens with zero attached hydrogens (tertiary/aromatic N) is 1. The van der Waals surface area contributed by atoms with E-state index in [2.05, 4.69) is 5.32 Å². The highest BCUT2D eigenvalue weighted by atomic mass is 16.2. The van der Waals surface area contributed by atoms with E-state index in [9.17, 15) is 9.59 Å². The molecule has 0 heterocycles. The van der Waals surface area contributed by atoms with E-state index in [4.69, 9.17) is 5.73 Å². The SMILES string of the molecule is CCN(CC)C(=O)c1ccc(C(=O)NC(C)(C)CN)cc1. The zero-order valence-electron chi connectivity index (χ0n) is 13.3. The number of rotatable bonds is 6. The first kappa shape index (κ1) is 17.2. The van der Waals surface area contributed by atoms with Gasteiger partial charge in [-0.1, -0.05) is 0 Å². The lowest BCUT2D eigenvalue weighted by atomic mass is 10.0. The van der Waals surface area contributed by atoms with Crippen LogP contribution in [-0.4, -0.2) is 41.9 Å². The number of amides is 2. The summed E-state index contributed by atoms with van der Waals surface area (Å²) in [5, 5.41) is 2.86. The average Bonchev–Trinajstić information content (AvgIpc) is 2.48. The summed E-state index contributed by atoms with van der Waals surface area (Å²) in [6, 6.07) is 6.70. The van der Waals surface area contributed by atoms with Crippen LogP contribution in [0.25, 0.3) is 0 Å². The molecule has 2 amide bonds. The minimum absolute atomic E-state index is 0.0192. The van der Waals surface area contributed by atoms with Crippen molar-refractivity contribution in [3.8, 4) is 0 Å². The van der Waals surface area contributed by atoms with Gasteiger partial charge in [-0.05, 0) is 52.0 Å². The molecule has 0 radical (unpaired) electrons. The lowest BCUT2D eigenvalue weighted by molar-refractivity contribution is 0.0772. The molecule has 5 heteroatoms. The Balaban J connectivity index is 2.83. The first-order valence-corrected chi connectivity index (χ1v) is 7.26. The van der Waals surface area contributed by atoms with E-state index < -0.39 is 5.54 Å². The lowest BCUT2D eigenvalue weighted by Crippen LogP contribution is -2.48. The summed E-state index contributed by atoms with van der Waals surface area (Å²) in [5.41, 5.74) is 6.26. The summed E-state index contributed by atoms with van der Waals surface area (Å²) in [5.74, 6) is -0.207. The monoisotopic (exact) mass is 291 g/mol. The fourth-order valence-corrected chi connectivity index (χ4v) is 1.89. The predicted molar refractivity (Wildman–Crippen MR) is 84.3 cm³/mol. The van der Waals surface area contributed by atoms with E-state index in [0.717, 1.165) is 0 Å². The number of benzene rings is 1. The van der Waals surface area contributed by atoms with Gasteiger partial charge in [0, 0.05) is 36.3 Å². The van der Waals surface area contributed by atoms with Gasteiger partial charge in [0.15, 0.2) is 0 Å². The molecule has 0 bridgehead atoms. The zero-order chi connectivity index (χ0) is 16.0. The largest absolute Gasteiger partial charge is 0.346 e. The summed E-state index contributed by atoms with van der Waals surface area (Å²) in [6.45, 7) is 9.31. The van der Waals surface area contributed by atoms with E-state index in [1.165, 1.54) is 0 Å². The van der Waals surface area contributed by atoms with Crippen molar-refractivity contribution >= 4 is 11.8 Å². The number of nitrogens with two attached hydrogens (primary N) is 1. The van der Waals surface area contributed by atoms with Crippen molar-refractivity contribution in [3.05, 3.63) is 35.4 Å². The molecule has 1 aromatic rings. The number of nitrogens with one attached hydrogen (secondary N) is 1. The number of hydrogen-bond donors (Lipinski definition) is 2. The topological polar surface area (TPSA) is 75.4 Å². The second kappa shape index (κ2) is 7.22. The molecule has 1 rings (SSSR count). The molecule has 0 aliphatic carbocycles. The molecule has 0 fully saturated rings. The Hall–Kier alpha value is -1.88. The Bertz CT molecular complexity index is 491. The summed E-state index contributed by atoms with van der Waals surface area (Å²) < 4.78 is 0. The number of carbonyl (C=O) groups excluding carboxylic acids is 2. The van der Waals surface area contributed by atoms with Crippen molar-refractivity contribution < 1.29 is 9.59 Å². The van der Waals surface area contributed by atoms with Crippen LogP contribution < -0.4 is 11.1 Å². The summed E-state index contributed by atoms with van der Waals surface area (Å²) in [6.07, 6.45) is 0. The van der Waals surface area contributed by atoms with Gasteiger partial charge in [0.25, 0.3) is 11.8 Å². The minimum atomic E-state index is -0.452. The Kier molecular flexibility index (Phi) is 5.90. The van der Waals surface area contributed by atoms with Crippen LogP contribution in [0.2, 0.25) is 0 Å². The van der Waals surface area contributed by atoms with Crippen molar-refractivity contribution in [2.45, 2.75) is 33.2 Å². The second-order valence-electron chi connectivity index (χ2n) is 5.60. The van der Waals surface area contributed by atoms with Gasteiger partial charge in [0.2, 0.25) is 0 Å². The Labute approximate surface area is 126 Å². The number of carbonyl (C=O) groups is 2. The molecule has 0 saturated heterocycles. The van der Waals surface area contributed by atoms with Gasteiger partial charge in [0.1, 0.15) is 0 Å². The van der Waals surface area contributed by atoms with E-state index in [1.807, 2.05) is 27.7 Å². The molecule has 21 heavy (non-hydrogen) atoms. The summed E-state index contributed by atoms with van der Waals surface area (Å²) in [4.78, 5) is 26.0. The van der Waals surface area contributed by atoms with Crippen molar-refractivity contribution in [1.82, 2.24) is 10.2 Å².